The first-order valence-corrected chi connectivity index (χ1v) is 14.2. The third kappa shape index (κ3) is 4.43. The highest BCUT2D eigenvalue weighted by molar-refractivity contribution is 7.92. The van der Waals surface area contributed by atoms with Gasteiger partial charge in [-0.15, -0.1) is 0 Å². The van der Waals surface area contributed by atoms with Crippen molar-refractivity contribution in [3.8, 4) is 17.1 Å². The van der Waals surface area contributed by atoms with Gasteiger partial charge in [-0.1, -0.05) is 30.7 Å². The second-order valence-corrected chi connectivity index (χ2v) is 12.5. The number of rotatable bonds is 3. The molecule has 3 aliphatic rings. The Labute approximate surface area is 212 Å². The molecule has 3 aromatic rings. The molecule has 0 unspecified atom stereocenters. The van der Waals surface area contributed by atoms with Gasteiger partial charge in [0, 0.05) is 17.3 Å². The predicted octanol–water partition coefficient (Wildman–Crippen LogP) is 5.70. The molecule has 1 aromatic heterocycles. The lowest BCUT2D eigenvalue weighted by atomic mass is 9.51. The highest BCUT2D eigenvalue weighted by Gasteiger charge is 2.48. The number of nitrogens with zero attached hydrogens (tertiary/aromatic N) is 2. The van der Waals surface area contributed by atoms with Crippen LogP contribution in [-0.2, 0) is 10.0 Å². The molecule has 2 saturated carbocycles. The maximum atomic E-state index is 13.2. The van der Waals surface area contributed by atoms with Gasteiger partial charge >= 0.3 is 0 Å². The van der Waals surface area contributed by atoms with Gasteiger partial charge in [-0.2, -0.15) is 4.98 Å². The van der Waals surface area contributed by atoms with Crippen LogP contribution in [0.5, 0.6) is 5.88 Å². The zero-order valence-corrected chi connectivity index (χ0v) is 21.6. The highest BCUT2D eigenvalue weighted by Crippen LogP contribution is 2.59. The van der Waals surface area contributed by atoms with Crippen LogP contribution in [0.4, 0.5) is 11.6 Å². The van der Waals surface area contributed by atoms with E-state index in [1.165, 1.54) is 32.1 Å². The molecule has 2 heterocycles. The summed E-state index contributed by atoms with van der Waals surface area (Å²) in [5.41, 5.74) is 5.07. The summed E-state index contributed by atoms with van der Waals surface area (Å²) < 4.78 is 35.3. The van der Waals surface area contributed by atoms with Gasteiger partial charge in [-0.25, -0.2) is 18.1 Å². The number of aryl methyl sites for hydroxylation is 2. The van der Waals surface area contributed by atoms with Crippen molar-refractivity contribution in [3.05, 3.63) is 59.7 Å². The van der Waals surface area contributed by atoms with E-state index in [1.807, 2.05) is 44.2 Å². The van der Waals surface area contributed by atoms with Gasteiger partial charge in [-0.3, -0.25) is 0 Å². The molecule has 7 nitrogen and oxygen atoms in total. The largest absolute Gasteiger partial charge is 0.475 e. The van der Waals surface area contributed by atoms with Crippen LogP contribution in [-0.4, -0.2) is 31.0 Å². The van der Waals surface area contributed by atoms with E-state index in [0.29, 0.717) is 29.5 Å². The molecule has 2 aliphatic carbocycles. The molecule has 1 aliphatic heterocycles. The summed E-state index contributed by atoms with van der Waals surface area (Å²) in [6.45, 7) is 4.47. The van der Waals surface area contributed by atoms with Crippen molar-refractivity contribution >= 4 is 21.7 Å². The molecular weight excluding hydrogens is 472 g/mol. The van der Waals surface area contributed by atoms with E-state index in [9.17, 15) is 8.42 Å². The Morgan fingerprint density at radius 2 is 1.78 bits per heavy atom. The summed E-state index contributed by atoms with van der Waals surface area (Å²) >= 11 is 0. The second kappa shape index (κ2) is 8.76. The first-order valence-electron chi connectivity index (χ1n) is 12.8. The van der Waals surface area contributed by atoms with Crippen LogP contribution in [0.3, 0.4) is 0 Å². The first-order chi connectivity index (χ1) is 17.3. The lowest BCUT2D eigenvalue weighted by molar-refractivity contribution is -0.0306. The molecular formula is C28H32N4O3S. The fourth-order valence-corrected chi connectivity index (χ4v) is 7.22. The summed E-state index contributed by atoms with van der Waals surface area (Å²) in [5.74, 6) is 1.03. The van der Waals surface area contributed by atoms with Crippen LogP contribution in [0.15, 0.2) is 53.4 Å². The third-order valence-corrected chi connectivity index (χ3v) is 9.41. The normalized spacial score (nSPS) is 22.0. The van der Waals surface area contributed by atoms with Gasteiger partial charge in [0.2, 0.25) is 11.8 Å². The number of hydrogen-bond acceptors (Lipinski definition) is 6. The van der Waals surface area contributed by atoms with Crippen molar-refractivity contribution in [3.63, 3.8) is 0 Å². The molecule has 8 heteroatoms. The van der Waals surface area contributed by atoms with Gasteiger partial charge in [0.25, 0.3) is 10.0 Å². The van der Waals surface area contributed by atoms with Crippen molar-refractivity contribution in [1.82, 2.24) is 9.97 Å². The minimum absolute atomic E-state index is 0.00607. The molecule has 6 rings (SSSR count). The lowest BCUT2D eigenvalue weighted by Crippen LogP contribution is -2.45. The number of aromatic nitrogens is 2. The van der Waals surface area contributed by atoms with E-state index in [1.54, 1.807) is 18.2 Å². The van der Waals surface area contributed by atoms with E-state index in [2.05, 4.69) is 20.0 Å². The van der Waals surface area contributed by atoms with E-state index in [0.717, 1.165) is 28.8 Å². The lowest BCUT2D eigenvalue weighted by Gasteiger charge is -2.55. The summed E-state index contributed by atoms with van der Waals surface area (Å²) in [5, 5.41) is 3.55. The molecule has 2 fully saturated rings. The van der Waals surface area contributed by atoms with Crippen molar-refractivity contribution in [1.29, 1.82) is 0 Å². The molecule has 0 amide bonds. The molecule has 0 saturated heterocycles. The molecule has 0 radical (unpaired) electrons. The predicted molar refractivity (Wildman–Crippen MR) is 141 cm³/mol. The van der Waals surface area contributed by atoms with Crippen LogP contribution in [0.25, 0.3) is 11.3 Å². The second-order valence-electron chi connectivity index (χ2n) is 10.8. The van der Waals surface area contributed by atoms with Crippen LogP contribution >= 0.6 is 0 Å². The summed E-state index contributed by atoms with van der Waals surface area (Å²) in [6, 6.07) is 14.8. The van der Waals surface area contributed by atoms with Crippen LogP contribution in [0, 0.1) is 25.2 Å². The monoisotopic (exact) mass is 504 g/mol. The Morgan fingerprint density at radius 3 is 2.50 bits per heavy atom. The van der Waals surface area contributed by atoms with Gasteiger partial charge in [0.1, 0.15) is 6.61 Å². The van der Waals surface area contributed by atoms with Gasteiger partial charge in [-0.05, 0) is 86.6 Å². The Balaban J connectivity index is 1.36. The number of fused-ring (bicyclic) bond motifs is 4. The SMILES string of the molecule is Cc1cccc(C)c1-c1cc2nc(n1)NS(=O)(=O)c1cccc(c1)N[C@H](CC1CC3(CCC3)C1)CO2. The minimum Gasteiger partial charge on any atom is -0.475 e. The van der Waals surface area contributed by atoms with E-state index >= 15 is 0 Å². The number of nitrogens with one attached hydrogen (secondary N) is 2. The number of ether oxygens (including phenoxy) is 1. The molecule has 188 valence electrons. The van der Waals surface area contributed by atoms with E-state index < -0.39 is 10.0 Å². The fourth-order valence-electron chi connectivity index (χ4n) is 6.23. The number of anilines is 2. The first kappa shape index (κ1) is 23.3. The number of sulfonamides is 1. The number of benzene rings is 2. The van der Waals surface area contributed by atoms with Crippen LogP contribution in [0.2, 0.25) is 0 Å². The topological polar surface area (TPSA) is 93.2 Å². The molecule has 1 atom stereocenters. The maximum Gasteiger partial charge on any atom is 0.264 e. The zero-order chi connectivity index (χ0) is 24.9. The van der Waals surface area contributed by atoms with Crippen LogP contribution in [0.1, 0.15) is 49.7 Å². The number of hydrogen-bond donors (Lipinski definition) is 2. The van der Waals surface area contributed by atoms with Crippen LogP contribution < -0.4 is 14.8 Å². The molecule has 36 heavy (non-hydrogen) atoms. The van der Waals surface area contributed by atoms with Crippen molar-refractivity contribution in [2.45, 2.75) is 63.3 Å². The minimum atomic E-state index is -3.88. The molecule has 2 aromatic carbocycles. The van der Waals surface area contributed by atoms with Crippen molar-refractivity contribution in [2.24, 2.45) is 11.3 Å². The molecule has 4 bridgehead atoms. The van der Waals surface area contributed by atoms with E-state index in [4.69, 9.17) is 4.74 Å². The zero-order valence-electron chi connectivity index (χ0n) is 20.8. The third-order valence-electron chi connectivity index (χ3n) is 8.09. The Bertz CT molecular complexity index is 1390. The average Bonchev–Trinajstić information content (AvgIpc) is 2.77. The van der Waals surface area contributed by atoms with Gasteiger partial charge < -0.3 is 10.1 Å². The van der Waals surface area contributed by atoms with Crippen molar-refractivity contribution < 1.29 is 13.2 Å². The summed E-state index contributed by atoms with van der Waals surface area (Å²) in [4.78, 5) is 9.19. The molecule has 1 spiro atoms. The average molecular weight is 505 g/mol. The van der Waals surface area contributed by atoms with Gasteiger partial charge in [0.15, 0.2) is 0 Å². The Morgan fingerprint density at radius 1 is 1.03 bits per heavy atom. The maximum absolute atomic E-state index is 13.2. The highest BCUT2D eigenvalue weighted by atomic mass is 32.2. The fraction of sp³-hybridized carbons (Fsp3) is 0.429. The Hall–Kier alpha value is -3.13. The van der Waals surface area contributed by atoms with E-state index in [-0.39, 0.29) is 16.9 Å². The quantitative estimate of drug-likeness (QED) is 0.475. The summed E-state index contributed by atoms with van der Waals surface area (Å²) in [6.07, 6.45) is 7.67. The van der Waals surface area contributed by atoms with Crippen molar-refractivity contribution in [2.75, 3.05) is 16.6 Å². The summed E-state index contributed by atoms with van der Waals surface area (Å²) in [7, 11) is -3.88. The standard InChI is InChI=1S/C28H32N4O3S/c1-18-6-3-7-19(2)26(18)24-14-25-31-27(30-24)32-36(33,34)23-9-4-8-21(13-23)29-22(17-35-25)12-20-15-28(16-20)10-5-11-28/h3-4,6-9,13-14,20,22,29H,5,10-12,15-17H2,1-2H3,(H,30,31,32)/t22-/m1/s1. The smallest absolute Gasteiger partial charge is 0.264 e. The van der Waals surface area contributed by atoms with Gasteiger partial charge in [0.05, 0.1) is 16.6 Å². The molecule has 2 N–H and O–H groups in total. The Kier molecular flexibility index (Phi) is 5.67.